The molecule has 0 spiro atoms. The van der Waals surface area contributed by atoms with Crippen LogP contribution < -0.4 is 18.8 Å². The first kappa shape index (κ1) is 25.8. The highest BCUT2D eigenvalue weighted by atomic mass is 32.1. The summed E-state index contributed by atoms with van der Waals surface area (Å²) in [5, 5.41) is 28.5. The zero-order valence-electron chi connectivity index (χ0n) is 20.4. The van der Waals surface area contributed by atoms with Gasteiger partial charge >= 0.3 is 0 Å². The van der Waals surface area contributed by atoms with Crippen LogP contribution in [0.2, 0.25) is 0 Å². The molecule has 1 N–H and O–H groups in total. The molecular weight excluding hydrogens is 456 g/mol. The molecule has 1 heterocycles. The molecule has 0 amide bonds. The molecule has 0 unspecified atom stereocenters. The van der Waals surface area contributed by atoms with Crippen molar-refractivity contribution in [1.29, 1.82) is 10.5 Å². The summed E-state index contributed by atoms with van der Waals surface area (Å²) < 4.78 is 7.41. The molecule has 0 atom stereocenters. The van der Waals surface area contributed by atoms with E-state index in [1.165, 1.54) is 11.3 Å². The molecule has 6 nitrogen and oxygen atoms in total. The monoisotopic (exact) mass is 486 g/mol. The number of aromatic hydroxyl groups is 1. The summed E-state index contributed by atoms with van der Waals surface area (Å²) >= 11 is 1.29. The summed E-state index contributed by atoms with van der Waals surface area (Å²) in [6.07, 6.45) is 5.21. The number of anilines is 1. The van der Waals surface area contributed by atoms with Crippen LogP contribution in [-0.4, -0.2) is 29.8 Å². The fourth-order valence-corrected chi connectivity index (χ4v) is 4.70. The maximum Gasteiger partial charge on any atom is 0.165 e. The summed E-state index contributed by atoms with van der Waals surface area (Å²) in [7, 11) is 0. The van der Waals surface area contributed by atoms with Gasteiger partial charge in [-0.2, -0.15) is 10.5 Å². The molecule has 180 valence electrons. The van der Waals surface area contributed by atoms with Crippen LogP contribution in [0.3, 0.4) is 0 Å². The number of nitrogens with zero attached hydrogens (tertiary/aromatic N) is 4. The lowest BCUT2D eigenvalue weighted by Crippen LogP contribution is -2.21. The number of rotatable bonds is 10. The smallest absolute Gasteiger partial charge is 0.165 e. The van der Waals surface area contributed by atoms with E-state index in [9.17, 15) is 15.6 Å². The Kier molecular flexibility index (Phi) is 9.29. The number of benzene rings is 2. The van der Waals surface area contributed by atoms with Gasteiger partial charge in [0.2, 0.25) is 0 Å². The predicted molar refractivity (Wildman–Crippen MR) is 142 cm³/mol. The lowest BCUT2D eigenvalue weighted by atomic mass is 10.1. The van der Waals surface area contributed by atoms with Gasteiger partial charge in [-0.1, -0.05) is 19.8 Å². The molecule has 0 aliphatic heterocycles. The average Bonchev–Trinajstić information content (AvgIpc) is 3.28. The van der Waals surface area contributed by atoms with Crippen molar-refractivity contribution in [3.05, 3.63) is 57.2 Å². The molecule has 0 fully saturated rings. The van der Waals surface area contributed by atoms with Crippen molar-refractivity contribution < 1.29 is 9.84 Å². The van der Waals surface area contributed by atoms with Gasteiger partial charge in [0.1, 0.15) is 28.3 Å². The van der Waals surface area contributed by atoms with Gasteiger partial charge in [0.05, 0.1) is 16.8 Å². The van der Waals surface area contributed by atoms with E-state index in [0.29, 0.717) is 17.0 Å². The van der Waals surface area contributed by atoms with Crippen molar-refractivity contribution in [2.45, 2.75) is 40.0 Å². The van der Waals surface area contributed by atoms with Crippen LogP contribution in [-0.2, 0) is 0 Å². The molecule has 1 aromatic heterocycles. The molecule has 0 aliphatic rings. The Morgan fingerprint density at radius 3 is 2.40 bits per heavy atom. The van der Waals surface area contributed by atoms with Crippen LogP contribution in [0.4, 0.5) is 5.69 Å². The minimum atomic E-state index is -0.0254. The van der Waals surface area contributed by atoms with Gasteiger partial charge in [-0.3, -0.25) is 0 Å². The molecule has 2 aromatic carbocycles. The van der Waals surface area contributed by atoms with E-state index in [-0.39, 0.29) is 11.3 Å². The predicted octanol–water partition coefficient (Wildman–Crippen LogP) is 4.96. The molecule has 0 aliphatic carbocycles. The number of hydrogen-bond acceptors (Lipinski definition) is 7. The van der Waals surface area contributed by atoms with Crippen molar-refractivity contribution in [3.63, 3.8) is 0 Å². The Labute approximate surface area is 210 Å². The highest BCUT2D eigenvalue weighted by Gasteiger charge is 2.12. The van der Waals surface area contributed by atoms with Crippen LogP contribution >= 0.6 is 11.3 Å². The SMILES string of the molecule is CCCCCOc1cc(N(CC)CC)ccc1/C=c1/sc(=C(C#N)C#N)nc1-c1ccc(O)cc1. The summed E-state index contributed by atoms with van der Waals surface area (Å²) in [6, 6.07) is 16.8. The Balaban J connectivity index is 2.19. The van der Waals surface area contributed by atoms with E-state index < -0.39 is 0 Å². The van der Waals surface area contributed by atoms with E-state index in [2.05, 4.69) is 42.8 Å². The summed E-state index contributed by atoms with van der Waals surface area (Å²) in [4.78, 5) is 6.89. The number of nitriles is 2. The quantitative estimate of drug-likeness (QED) is 0.407. The van der Waals surface area contributed by atoms with Gasteiger partial charge in [-0.25, -0.2) is 4.98 Å². The number of phenolic OH excluding ortho intramolecular Hbond substituents is 1. The Hall–Kier alpha value is -3.81. The third-order valence-corrected chi connectivity index (χ3v) is 6.67. The van der Waals surface area contributed by atoms with Gasteiger partial charge in [0.15, 0.2) is 5.57 Å². The maximum atomic E-state index is 9.71. The molecular formula is C28H30N4O2S. The van der Waals surface area contributed by atoms with Crippen LogP contribution in [0.5, 0.6) is 11.5 Å². The standard InChI is InChI=1S/C28H30N4O2S/c1-4-7-8-15-34-25-17-23(32(5-2)6-3)12-9-21(25)16-26-27(20-10-13-24(33)14-11-20)31-28(35-26)22(18-29)19-30/h9-14,16-17,33H,4-8,15H2,1-3H3/b26-16+. The van der Waals surface area contributed by atoms with Crippen molar-refractivity contribution >= 4 is 28.7 Å². The molecule has 35 heavy (non-hydrogen) atoms. The van der Waals surface area contributed by atoms with E-state index in [1.807, 2.05) is 24.3 Å². The maximum absolute atomic E-state index is 9.71. The van der Waals surface area contributed by atoms with Crippen molar-refractivity contribution in [2.24, 2.45) is 0 Å². The normalized spacial score (nSPS) is 11.1. The number of ether oxygens (including phenoxy) is 1. The van der Waals surface area contributed by atoms with E-state index in [1.54, 1.807) is 24.3 Å². The first-order chi connectivity index (χ1) is 17.0. The first-order valence-corrected chi connectivity index (χ1v) is 12.7. The lowest BCUT2D eigenvalue weighted by Gasteiger charge is -2.22. The molecule has 0 radical (unpaired) electrons. The second-order valence-electron chi connectivity index (χ2n) is 7.97. The average molecular weight is 487 g/mol. The molecule has 0 saturated heterocycles. The third-order valence-electron chi connectivity index (χ3n) is 5.65. The fourth-order valence-electron chi connectivity index (χ4n) is 3.71. The Morgan fingerprint density at radius 1 is 1.06 bits per heavy atom. The molecule has 0 bridgehead atoms. The lowest BCUT2D eigenvalue weighted by molar-refractivity contribution is 0.305. The molecule has 3 aromatic rings. The molecule has 0 saturated carbocycles. The van der Waals surface area contributed by atoms with Crippen LogP contribution in [0, 0.1) is 22.7 Å². The molecule has 7 heteroatoms. The zero-order valence-corrected chi connectivity index (χ0v) is 21.2. The highest BCUT2D eigenvalue weighted by molar-refractivity contribution is 7.08. The summed E-state index contributed by atoms with van der Waals surface area (Å²) in [6.45, 7) is 8.87. The number of hydrogen-bond donors (Lipinski definition) is 1. The van der Waals surface area contributed by atoms with Crippen molar-refractivity contribution in [2.75, 3.05) is 24.6 Å². The van der Waals surface area contributed by atoms with Crippen LogP contribution in [0.15, 0.2) is 42.5 Å². The number of phenols is 1. The van der Waals surface area contributed by atoms with Crippen LogP contribution in [0.1, 0.15) is 45.6 Å². The first-order valence-electron chi connectivity index (χ1n) is 11.9. The van der Waals surface area contributed by atoms with Gasteiger partial charge in [-0.15, -0.1) is 11.3 Å². The minimum Gasteiger partial charge on any atom is -0.508 e. The van der Waals surface area contributed by atoms with Crippen molar-refractivity contribution in [1.82, 2.24) is 4.98 Å². The largest absolute Gasteiger partial charge is 0.508 e. The zero-order chi connectivity index (χ0) is 25.2. The molecule has 3 rings (SSSR count). The van der Waals surface area contributed by atoms with Gasteiger partial charge in [0.25, 0.3) is 0 Å². The van der Waals surface area contributed by atoms with E-state index in [4.69, 9.17) is 4.74 Å². The van der Waals surface area contributed by atoms with Crippen LogP contribution in [0.25, 0.3) is 22.9 Å². The number of thiazole rings is 1. The van der Waals surface area contributed by atoms with E-state index in [0.717, 1.165) is 59.4 Å². The Morgan fingerprint density at radius 2 is 1.77 bits per heavy atom. The summed E-state index contributed by atoms with van der Waals surface area (Å²) in [5.41, 5.74) is 3.42. The van der Waals surface area contributed by atoms with E-state index >= 15 is 0 Å². The number of unbranched alkanes of at least 4 members (excludes halogenated alkanes) is 2. The second kappa shape index (κ2) is 12.6. The number of aromatic nitrogens is 1. The highest BCUT2D eigenvalue weighted by Crippen LogP contribution is 2.28. The van der Waals surface area contributed by atoms with Gasteiger partial charge in [0, 0.05) is 36.0 Å². The minimum absolute atomic E-state index is 0.0254. The third kappa shape index (κ3) is 6.41. The second-order valence-corrected chi connectivity index (χ2v) is 9.00. The fraction of sp³-hybridized carbons (Fsp3) is 0.321. The van der Waals surface area contributed by atoms with Gasteiger partial charge in [-0.05, 0) is 62.7 Å². The van der Waals surface area contributed by atoms with Gasteiger partial charge < -0.3 is 14.7 Å². The Bertz CT molecular complexity index is 1330. The summed E-state index contributed by atoms with van der Waals surface area (Å²) in [5.74, 6) is 0.952. The topological polar surface area (TPSA) is 93.2 Å². The van der Waals surface area contributed by atoms with Crippen molar-refractivity contribution in [3.8, 4) is 34.9 Å².